The molecule has 0 fully saturated rings. The van der Waals surface area contributed by atoms with Gasteiger partial charge < -0.3 is 40.2 Å². The Bertz CT molecular complexity index is 712. The lowest BCUT2D eigenvalue weighted by Crippen LogP contribution is -3.00. The topological polar surface area (TPSA) is 141 Å². The molecule has 0 unspecified atom stereocenters. The average molecular weight is 452 g/mol. The molecule has 0 bridgehead atoms. The largest absolute Gasteiger partial charge is 1.00 e. The number of benzene rings is 1. The van der Waals surface area contributed by atoms with Gasteiger partial charge in [0.2, 0.25) is 0 Å². The van der Waals surface area contributed by atoms with Gasteiger partial charge in [0.1, 0.15) is 5.69 Å². The van der Waals surface area contributed by atoms with E-state index in [2.05, 4.69) is 36.4 Å². The molecule has 9 nitrogen and oxygen atoms in total. The van der Waals surface area contributed by atoms with Crippen LogP contribution in [0.3, 0.4) is 0 Å². The van der Waals surface area contributed by atoms with Crippen molar-refractivity contribution in [3.05, 3.63) is 36.7 Å². The fourth-order valence-corrected chi connectivity index (χ4v) is 3.21. The quantitative estimate of drug-likeness (QED) is 0.190. The highest BCUT2D eigenvalue weighted by atomic mass is 35.5. The molecule has 0 spiro atoms. The van der Waals surface area contributed by atoms with Crippen molar-refractivity contribution in [2.45, 2.75) is 38.8 Å². The van der Waals surface area contributed by atoms with Crippen LogP contribution < -0.4 is 44.8 Å². The first kappa shape index (κ1) is 27.0. The highest BCUT2D eigenvalue weighted by molar-refractivity contribution is 5.52. The van der Waals surface area contributed by atoms with Crippen molar-refractivity contribution in [3.8, 4) is 0 Å². The van der Waals surface area contributed by atoms with E-state index in [4.69, 9.17) is 22.9 Å². The number of nitrogens with two attached hydrogens (primary N) is 4. The number of azo groups is 1. The summed E-state index contributed by atoms with van der Waals surface area (Å²) in [5.74, 6) is 0.813. The SMILES string of the molecule is NCCCN(CCCN)c1ccc(N=Nc2n(CCCN)cc[n+]2CCCN)cc1.[Cl-]. The van der Waals surface area contributed by atoms with E-state index in [9.17, 15) is 0 Å². The van der Waals surface area contributed by atoms with Crippen LogP contribution in [0.1, 0.15) is 25.7 Å². The summed E-state index contributed by atoms with van der Waals surface area (Å²) in [5.41, 5.74) is 24.7. The summed E-state index contributed by atoms with van der Waals surface area (Å²) in [4.78, 5) is 2.32. The van der Waals surface area contributed by atoms with Crippen LogP contribution in [0.15, 0.2) is 46.9 Å². The van der Waals surface area contributed by atoms with Gasteiger partial charge in [-0.1, -0.05) is 5.11 Å². The highest BCUT2D eigenvalue weighted by Crippen LogP contribution is 2.22. The lowest BCUT2D eigenvalue weighted by molar-refractivity contribution is -0.683. The zero-order chi connectivity index (χ0) is 21.6. The number of aryl methyl sites for hydroxylation is 2. The Morgan fingerprint density at radius 3 is 2.00 bits per heavy atom. The van der Waals surface area contributed by atoms with E-state index in [1.165, 1.54) is 0 Å². The molecule has 0 aliphatic rings. The maximum atomic E-state index is 5.68. The smallest absolute Gasteiger partial charge is 0.421 e. The molecule has 0 saturated heterocycles. The molecule has 0 radical (unpaired) electrons. The third kappa shape index (κ3) is 8.92. The predicted octanol–water partition coefficient (Wildman–Crippen LogP) is -1.60. The van der Waals surface area contributed by atoms with Crippen molar-refractivity contribution in [2.24, 2.45) is 33.2 Å². The summed E-state index contributed by atoms with van der Waals surface area (Å²) in [6, 6.07) is 8.15. The second kappa shape index (κ2) is 15.7. The van der Waals surface area contributed by atoms with Crippen molar-refractivity contribution in [1.82, 2.24) is 4.57 Å². The van der Waals surface area contributed by atoms with Gasteiger partial charge in [-0.15, -0.1) is 0 Å². The molecule has 31 heavy (non-hydrogen) atoms. The molecule has 0 aliphatic heterocycles. The molecular weight excluding hydrogens is 414 g/mol. The molecular formula is C21H38ClN9. The van der Waals surface area contributed by atoms with Gasteiger partial charge >= 0.3 is 5.95 Å². The Kier molecular flexibility index (Phi) is 13.7. The van der Waals surface area contributed by atoms with E-state index in [0.717, 1.165) is 69.2 Å². The van der Waals surface area contributed by atoms with E-state index in [-0.39, 0.29) is 12.4 Å². The normalized spacial score (nSPS) is 11.1. The minimum atomic E-state index is 0. The van der Waals surface area contributed by atoms with Crippen LogP contribution in [-0.4, -0.2) is 43.8 Å². The molecule has 0 atom stereocenters. The Morgan fingerprint density at radius 2 is 1.42 bits per heavy atom. The molecule has 2 rings (SSSR count). The molecule has 0 amide bonds. The first-order valence-electron chi connectivity index (χ1n) is 10.9. The van der Waals surface area contributed by atoms with E-state index in [1.807, 2.05) is 24.5 Å². The molecule has 8 N–H and O–H groups in total. The fourth-order valence-electron chi connectivity index (χ4n) is 3.21. The maximum Gasteiger partial charge on any atom is 0.421 e. The van der Waals surface area contributed by atoms with Crippen LogP contribution in [0.5, 0.6) is 0 Å². The molecule has 10 heteroatoms. The summed E-state index contributed by atoms with van der Waals surface area (Å²) in [6.07, 6.45) is 7.74. The average Bonchev–Trinajstić information content (AvgIpc) is 3.16. The van der Waals surface area contributed by atoms with Gasteiger partial charge in [-0.3, -0.25) is 0 Å². The lowest BCUT2D eigenvalue weighted by Gasteiger charge is -2.24. The van der Waals surface area contributed by atoms with Crippen molar-refractivity contribution in [2.75, 3.05) is 44.2 Å². The number of nitrogens with zero attached hydrogens (tertiary/aromatic N) is 5. The highest BCUT2D eigenvalue weighted by Gasteiger charge is 2.16. The second-order valence-electron chi connectivity index (χ2n) is 7.26. The van der Waals surface area contributed by atoms with Crippen LogP contribution in [0.2, 0.25) is 0 Å². The van der Waals surface area contributed by atoms with Crippen molar-refractivity contribution in [1.29, 1.82) is 0 Å². The van der Waals surface area contributed by atoms with Gasteiger partial charge in [-0.05, 0) is 76.1 Å². The van der Waals surface area contributed by atoms with Crippen LogP contribution in [0, 0.1) is 0 Å². The van der Waals surface area contributed by atoms with Gasteiger partial charge in [0.25, 0.3) is 0 Å². The van der Waals surface area contributed by atoms with Gasteiger partial charge in [0, 0.05) is 23.9 Å². The van der Waals surface area contributed by atoms with Crippen LogP contribution in [0.4, 0.5) is 17.3 Å². The molecule has 1 heterocycles. The van der Waals surface area contributed by atoms with Crippen molar-refractivity contribution in [3.63, 3.8) is 0 Å². The zero-order valence-electron chi connectivity index (χ0n) is 18.4. The van der Waals surface area contributed by atoms with E-state index in [0.29, 0.717) is 26.2 Å². The molecule has 0 aliphatic carbocycles. The fraction of sp³-hybridized carbons (Fsp3) is 0.571. The second-order valence-corrected chi connectivity index (χ2v) is 7.26. The van der Waals surface area contributed by atoms with Gasteiger partial charge in [0.05, 0.1) is 25.5 Å². The van der Waals surface area contributed by atoms with Crippen molar-refractivity contribution < 1.29 is 17.0 Å². The third-order valence-corrected chi connectivity index (χ3v) is 4.88. The van der Waals surface area contributed by atoms with E-state index >= 15 is 0 Å². The molecule has 0 saturated carbocycles. The summed E-state index contributed by atoms with van der Waals surface area (Å²) < 4.78 is 4.17. The molecule has 2 aromatic rings. The molecule has 1 aromatic heterocycles. The lowest BCUT2D eigenvalue weighted by atomic mass is 10.2. The predicted molar refractivity (Wildman–Crippen MR) is 122 cm³/mol. The van der Waals surface area contributed by atoms with E-state index in [1.54, 1.807) is 0 Å². The van der Waals surface area contributed by atoms with Crippen LogP contribution in [-0.2, 0) is 13.1 Å². The number of hydrogen-bond acceptors (Lipinski definition) is 7. The van der Waals surface area contributed by atoms with Crippen LogP contribution >= 0.6 is 0 Å². The summed E-state index contributed by atoms with van der Waals surface area (Å²) in [5, 5.41) is 9.01. The number of anilines is 1. The number of hydrogen-bond donors (Lipinski definition) is 4. The summed E-state index contributed by atoms with van der Waals surface area (Å²) in [7, 11) is 0. The monoisotopic (exact) mass is 451 g/mol. The number of aromatic nitrogens is 2. The maximum absolute atomic E-state index is 5.68. The Labute approximate surface area is 191 Å². The minimum Gasteiger partial charge on any atom is -1.00 e. The van der Waals surface area contributed by atoms with Gasteiger partial charge in [-0.2, -0.15) is 0 Å². The Balaban J connectivity index is 0.00000480. The van der Waals surface area contributed by atoms with Gasteiger partial charge in [-0.25, -0.2) is 9.13 Å². The summed E-state index contributed by atoms with van der Waals surface area (Å²) in [6.45, 7) is 6.13. The third-order valence-electron chi connectivity index (χ3n) is 4.88. The first-order valence-corrected chi connectivity index (χ1v) is 10.9. The minimum absolute atomic E-state index is 0. The Morgan fingerprint density at radius 1 is 0.806 bits per heavy atom. The molecule has 174 valence electrons. The van der Waals surface area contributed by atoms with Crippen molar-refractivity contribution >= 4 is 17.3 Å². The standard InChI is InChI=1S/C21H38N9.ClH/c22-9-1-13-28(14-2-10-23)20-7-5-19(6-8-20)26-27-21-29(15-3-11-24)17-18-30(21)16-4-12-25;/h5-8,17-18H,1-4,9-16,22-25H2;1H/q+1;/p-1. The molecule has 1 aromatic carbocycles. The van der Waals surface area contributed by atoms with E-state index < -0.39 is 0 Å². The number of imidazole rings is 1. The number of rotatable bonds is 15. The zero-order valence-corrected chi connectivity index (χ0v) is 19.1. The number of halogens is 1. The van der Waals surface area contributed by atoms with Gasteiger partial charge in [0.15, 0.2) is 0 Å². The Hall–Kier alpha value is -2.04. The van der Waals surface area contributed by atoms with Crippen LogP contribution in [0.25, 0.3) is 0 Å². The first-order chi connectivity index (χ1) is 14.7. The summed E-state index contributed by atoms with van der Waals surface area (Å²) >= 11 is 0.